The van der Waals surface area contributed by atoms with Gasteiger partial charge in [0.15, 0.2) is 5.76 Å². The van der Waals surface area contributed by atoms with Gasteiger partial charge in [-0.2, -0.15) is 0 Å². The number of nitrogens with one attached hydrogen (secondary N) is 1. The summed E-state index contributed by atoms with van der Waals surface area (Å²) >= 11 is 0. The number of amides is 1. The van der Waals surface area contributed by atoms with E-state index in [2.05, 4.69) is 26.7 Å². The molecule has 0 spiro atoms. The van der Waals surface area contributed by atoms with E-state index in [4.69, 9.17) is 9.15 Å². The zero-order valence-electron chi connectivity index (χ0n) is 15.8. The van der Waals surface area contributed by atoms with Gasteiger partial charge in [-0.15, -0.1) is 6.58 Å². The van der Waals surface area contributed by atoms with Crippen LogP contribution in [0.1, 0.15) is 10.6 Å². The highest BCUT2D eigenvalue weighted by Crippen LogP contribution is 2.17. The predicted octanol–water partition coefficient (Wildman–Crippen LogP) is 1.61. The number of hydrogen-bond donors (Lipinski definition) is 2. The topological polar surface area (TPSA) is 91.1 Å². The number of aliphatic hydroxyl groups excluding tert-OH is 1. The van der Waals surface area contributed by atoms with Gasteiger partial charge >= 0.3 is 0 Å². The van der Waals surface area contributed by atoms with Crippen molar-refractivity contribution in [2.45, 2.75) is 6.10 Å². The summed E-state index contributed by atoms with van der Waals surface area (Å²) in [5.41, 5.74) is 0.617. The van der Waals surface area contributed by atoms with Crippen molar-refractivity contribution in [2.24, 2.45) is 0 Å². The number of furan rings is 1. The molecule has 0 aliphatic carbocycles. The van der Waals surface area contributed by atoms with Gasteiger partial charge in [0.05, 0.1) is 37.5 Å². The number of piperazine rings is 1. The first-order valence-electron chi connectivity index (χ1n) is 9.30. The van der Waals surface area contributed by atoms with E-state index in [1.165, 1.54) is 6.26 Å². The molecule has 28 heavy (non-hydrogen) atoms. The number of rotatable bonds is 9. The number of β-amino-alcohol motifs (C(OH)–C–C–N with tert-alkyl or cyclic N) is 1. The number of hydrogen-bond acceptors (Lipinski definition) is 7. The van der Waals surface area contributed by atoms with E-state index in [1.807, 2.05) is 12.1 Å². The standard InChI is InChI=1S/C20H26N4O4/c1-2-11-27-15-17(25)14-23-7-9-24(10-8-23)19-6-5-16(13-21-19)22-20(26)18-4-3-12-28-18/h2-6,12-13,17,25H,1,7-11,14-15H2,(H,22,26). The quantitative estimate of drug-likeness (QED) is 0.500. The highest BCUT2D eigenvalue weighted by Gasteiger charge is 2.20. The molecule has 150 valence electrons. The van der Waals surface area contributed by atoms with Crippen LogP contribution in [0.5, 0.6) is 0 Å². The van der Waals surface area contributed by atoms with Gasteiger partial charge in [0, 0.05) is 32.7 Å². The third kappa shape index (κ3) is 5.66. The summed E-state index contributed by atoms with van der Waals surface area (Å²) in [6.45, 7) is 8.29. The number of carbonyl (C=O) groups is 1. The van der Waals surface area contributed by atoms with Gasteiger partial charge in [-0.1, -0.05) is 6.08 Å². The van der Waals surface area contributed by atoms with Crippen LogP contribution in [-0.4, -0.2) is 72.9 Å². The Morgan fingerprint density at radius 3 is 2.82 bits per heavy atom. The Balaban J connectivity index is 1.44. The Labute approximate surface area is 164 Å². The van der Waals surface area contributed by atoms with Gasteiger partial charge in [-0.25, -0.2) is 4.98 Å². The predicted molar refractivity (Wildman–Crippen MR) is 107 cm³/mol. The third-order valence-electron chi connectivity index (χ3n) is 4.46. The van der Waals surface area contributed by atoms with E-state index in [0.29, 0.717) is 25.4 Å². The van der Waals surface area contributed by atoms with Gasteiger partial charge in [-0.3, -0.25) is 9.69 Å². The molecule has 1 fully saturated rings. The molecular formula is C20H26N4O4. The zero-order valence-corrected chi connectivity index (χ0v) is 15.8. The molecule has 3 heterocycles. The van der Waals surface area contributed by atoms with Crippen LogP contribution in [0.4, 0.5) is 11.5 Å². The number of ether oxygens (including phenoxy) is 1. The van der Waals surface area contributed by atoms with E-state index >= 15 is 0 Å². The van der Waals surface area contributed by atoms with Crippen LogP contribution >= 0.6 is 0 Å². The largest absolute Gasteiger partial charge is 0.459 e. The molecule has 1 aliphatic rings. The summed E-state index contributed by atoms with van der Waals surface area (Å²) in [5, 5.41) is 12.8. The summed E-state index contributed by atoms with van der Waals surface area (Å²) in [4.78, 5) is 20.9. The normalized spacial score (nSPS) is 16.0. The molecule has 1 amide bonds. The van der Waals surface area contributed by atoms with Crippen LogP contribution in [0, 0.1) is 0 Å². The first kappa shape index (κ1) is 20.1. The lowest BCUT2D eigenvalue weighted by Crippen LogP contribution is -2.49. The van der Waals surface area contributed by atoms with Crippen LogP contribution in [0.2, 0.25) is 0 Å². The van der Waals surface area contributed by atoms with Crippen molar-refractivity contribution in [1.29, 1.82) is 0 Å². The minimum absolute atomic E-state index is 0.261. The summed E-state index contributed by atoms with van der Waals surface area (Å²) in [7, 11) is 0. The fraction of sp³-hybridized carbons (Fsp3) is 0.400. The molecule has 3 rings (SSSR count). The maximum Gasteiger partial charge on any atom is 0.291 e. The number of pyridine rings is 1. The molecular weight excluding hydrogens is 360 g/mol. The third-order valence-corrected chi connectivity index (χ3v) is 4.46. The number of aliphatic hydroxyl groups is 1. The van der Waals surface area contributed by atoms with E-state index in [1.54, 1.807) is 24.4 Å². The lowest BCUT2D eigenvalue weighted by atomic mass is 10.2. The molecule has 1 atom stereocenters. The maximum atomic E-state index is 12.0. The Kier molecular flexibility index (Phi) is 7.18. The average Bonchev–Trinajstić information content (AvgIpc) is 3.24. The van der Waals surface area contributed by atoms with Crippen molar-refractivity contribution < 1.29 is 19.1 Å². The molecule has 0 bridgehead atoms. The Hall–Kier alpha value is -2.68. The van der Waals surface area contributed by atoms with Gasteiger partial charge < -0.3 is 24.5 Å². The SMILES string of the molecule is C=CCOCC(O)CN1CCN(c2ccc(NC(=O)c3ccco3)cn2)CC1. The van der Waals surface area contributed by atoms with Crippen LogP contribution in [0.3, 0.4) is 0 Å². The molecule has 1 unspecified atom stereocenters. The summed E-state index contributed by atoms with van der Waals surface area (Å²) < 4.78 is 10.4. The Bertz CT molecular complexity index is 740. The Morgan fingerprint density at radius 1 is 1.36 bits per heavy atom. The van der Waals surface area contributed by atoms with Gasteiger partial charge in [0.2, 0.25) is 0 Å². The highest BCUT2D eigenvalue weighted by molar-refractivity contribution is 6.02. The zero-order chi connectivity index (χ0) is 19.8. The molecule has 1 saturated heterocycles. The summed E-state index contributed by atoms with van der Waals surface area (Å²) in [6.07, 6.45) is 4.28. The van der Waals surface area contributed by atoms with E-state index in [0.717, 1.165) is 32.0 Å². The minimum atomic E-state index is -0.498. The number of nitrogens with zero attached hydrogens (tertiary/aromatic N) is 3. The lowest BCUT2D eigenvalue weighted by molar-refractivity contribution is 0.0252. The second-order valence-electron chi connectivity index (χ2n) is 6.60. The van der Waals surface area contributed by atoms with Crippen LogP contribution in [0.25, 0.3) is 0 Å². The van der Waals surface area contributed by atoms with Crippen molar-refractivity contribution in [3.05, 3.63) is 55.1 Å². The fourth-order valence-corrected chi connectivity index (χ4v) is 3.05. The van der Waals surface area contributed by atoms with Crippen LogP contribution < -0.4 is 10.2 Å². The summed E-state index contributed by atoms with van der Waals surface area (Å²) in [6, 6.07) is 7.00. The number of carbonyl (C=O) groups excluding carboxylic acids is 1. The average molecular weight is 386 g/mol. The molecule has 8 heteroatoms. The molecule has 8 nitrogen and oxygen atoms in total. The molecule has 0 aromatic carbocycles. The molecule has 2 aromatic rings. The lowest BCUT2D eigenvalue weighted by Gasteiger charge is -2.36. The smallest absolute Gasteiger partial charge is 0.291 e. The van der Waals surface area contributed by atoms with Gasteiger partial charge in [-0.05, 0) is 24.3 Å². The van der Waals surface area contributed by atoms with Crippen molar-refractivity contribution in [3.8, 4) is 0 Å². The van der Waals surface area contributed by atoms with Gasteiger partial charge in [0.1, 0.15) is 5.82 Å². The van der Waals surface area contributed by atoms with Crippen LogP contribution in [-0.2, 0) is 4.74 Å². The molecule has 2 N–H and O–H groups in total. The van der Waals surface area contributed by atoms with E-state index in [-0.39, 0.29) is 11.7 Å². The second kappa shape index (κ2) is 10.0. The highest BCUT2D eigenvalue weighted by atomic mass is 16.5. The summed E-state index contributed by atoms with van der Waals surface area (Å²) in [5.74, 6) is 0.826. The van der Waals surface area contributed by atoms with Crippen molar-refractivity contribution >= 4 is 17.4 Å². The van der Waals surface area contributed by atoms with E-state index in [9.17, 15) is 9.90 Å². The maximum absolute atomic E-state index is 12.0. The Morgan fingerprint density at radius 2 is 2.18 bits per heavy atom. The fourth-order valence-electron chi connectivity index (χ4n) is 3.05. The van der Waals surface area contributed by atoms with Crippen molar-refractivity contribution in [1.82, 2.24) is 9.88 Å². The van der Waals surface area contributed by atoms with Crippen molar-refractivity contribution in [2.75, 3.05) is 56.2 Å². The first-order valence-corrected chi connectivity index (χ1v) is 9.30. The monoisotopic (exact) mass is 386 g/mol. The molecule has 0 radical (unpaired) electrons. The van der Waals surface area contributed by atoms with E-state index < -0.39 is 6.10 Å². The minimum Gasteiger partial charge on any atom is -0.459 e. The molecule has 1 aliphatic heterocycles. The number of aromatic nitrogens is 1. The molecule has 2 aromatic heterocycles. The number of anilines is 2. The second-order valence-corrected chi connectivity index (χ2v) is 6.60. The van der Waals surface area contributed by atoms with Crippen LogP contribution in [0.15, 0.2) is 53.8 Å². The van der Waals surface area contributed by atoms with Gasteiger partial charge in [0.25, 0.3) is 5.91 Å². The van der Waals surface area contributed by atoms with Crippen molar-refractivity contribution in [3.63, 3.8) is 0 Å². The molecule has 0 saturated carbocycles. The first-order chi connectivity index (χ1) is 13.7.